The highest BCUT2D eigenvalue weighted by Crippen LogP contribution is 2.35. The molecule has 0 radical (unpaired) electrons. The Balaban J connectivity index is 0.00000243. The molecule has 2 aromatic rings. The molecule has 2 N–H and O–H groups in total. The van der Waals surface area contributed by atoms with Gasteiger partial charge in [0.05, 0.1) is 4.88 Å². The van der Waals surface area contributed by atoms with E-state index in [1.165, 1.54) is 6.07 Å². The van der Waals surface area contributed by atoms with Crippen LogP contribution in [0, 0.1) is 6.92 Å². The lowest BCUT2D eigenvalue weighted by Crippen LogP contribution is -2.51. The van der Waals surface area contributed by atoms with Gasteiger partial charge in [-0.1, -0.05) is 0 Å². The Labute approximate surface area is 160 Å². The van der Waals surface area contributed by atoms with Crippen LogP contribution in [0.5, 0.6) is 0 Å². The Morgan fingerprint density at radius 1 is 1.38 bits per heavy atom. The van der Waals surface area contributed by atoms with Crippen molar-refractivity contribution in [1.82, 2.24) is 9.88 Å². The second-order valence-corrected chi connectivity index (χ2v) is 7.52. The Hall–Kier alpha value is -1.38. The molecule has 1 fully saturated rings. The number of amides is 1. The fraction of sp³-hybridized carbons (Fsp3) is 0.529. The van der Waals surface area contributed by atoms with Gasteiger partial charge in [0.25, 0.3) is 5.91 Å². The van der Waals surface area contributed by atoms with E-state index in [2.05, 4.69) is 4.98 Å². The average molecular weight is 408 g/mol. The van der Waals surface area contributed by atoms with Crippen LogP contribution < -0.4 is 5.73 Å². The lowest BCUT2D eigenvalue weighted by atomic mass is 9.96. The molecule has 144 valence electrons. The van der Waals surface area contributed by atoms with E-state index in [-0.39, 0.29) is 35.2 Å². The van der Waals surface area contributed by atoms with E-state index >= 15 is 0 Å². The number of hydrogen-bond acceptors (Lipinski definition) is 4. The molecule has 0 bridgehead atoms. The molecule has 3 heterocycles. The summed E-state index contributed by atoms with van der Waals surface area (Å²) in [6, 6.07) is 2.17. The van der Waals surface area contributed by atoms with Crippen LogP contribution in [0.15, 0.2) is 12.1 Å². The summed E-state index contributed by atoms with van der Waals surface area (Å²) in [6.07, 6.45) is -1.71. The first-order valence-corrected chi connectivity index (χ1v) is 9.05. The highest BCUT2D eigenvalue weighted by atomic mass is 35.5. The smallest absolute Gasteiger partial charge is 0.333 e. The van der Waals surface area contributed by atoms with Gasteiger partial charge in [-0.05, 0) is 50.8 Å². The third kappa shape index (κ3) is 3.82. The molecule has 0 spiro atoms. The number of likely N-dealkylation sites (tertiary alicyclic amines) is 1. The molecule has 2 unspecified atom stereocenters. The molecule has 0 aliphatic carbocycles. The molecule has 2 atom stereocenters. The molecule has 1 saturated heterocycles. The summed E-state index contributed by atoms with van der Waals surface area (Å²) in [7, 11) is 0. The number of fused-ring (bicyclic) bond motifs is 1. The van der Waals surface area contributed by atoms with Gasteiger partial charge in [-0.2, -0.15) is 13.2 Å². The molecular weight excluding hydrogens is 387 g/mol. The molecule has 4 nitrogen and oxygen atoms in total. The van der Waals surface area contributed by atoms with E-state index < -0.39 is 11.9 Å². The van der Waals surface area contributed by atoms with Crippen LogP contribution in [-0.2, 0) is 6.18 Å². The van der Waals surface area contributed by atoms with Crippen LogP contribution in [0.3, 0.4) is 0 Å². The van der Waals surface area contributed by atoms with E-state index in [0.717, 1.165) is 36.7 Å². The second-order valence-electron chi connectivity index (χ2n) is 6.52. The molecule has 26 heavy (non-hydrogen) atoms. The summed E-state index contributed by atoms with van der Waals surface area (Å²) in [6.45, 7) is 4.26. The number of nitrogens with zero attached hydrogens (tertiary/aromatic N) is 2. The molecule has 1 aliphatic rings. The molecule has 3 rings (SSSR count). The summed E-state index contributed by atoms with van der Waals surface area (Å²) in [5.41, 5.74) is 5.77. The number of carbonyl (C=O) groups is 1. The van der Waals surface area contributed by atoms with Crippen LogP contribution in [-0.4, -0.2) is 34.4 Å². The van der Waals surface area contributed by atoms with E-state index in [4.69, 9.17) is 5.73 Å². The number of aromatic nitrogens is 1. The van der Waals surface area contributed by atoms with E-state index in [0.29, 0.717) is 22.4 Å². The number of hydrogen-bond donors (Lipinski definition) is 1. The first kappa shape index (κ1) is 20.9. The Morgan fingerprint density at radius 2 is 2.08 bits per heavy atom. The summed E-state index contributed by atoms with van der Waals surface area (Å²) in [5, 5.41) is 0.593. The monoisotopic (exact) mass is 407 g/mol. The number of carbonyl (C=O) groups excluding carboxylic acids is 1. The van der Waals surface area contributed by atoms with Crippen molar-refractivity contribution in [3.05, 3.63) is 28.3 Å². The zero-order chi connectivity index (χ0) is 18.4. The van der Waals surface area contributed by atoms with E-state index in [9.17, 15) is 18.0 Å². The number of rotatable bonds is 2. The average Bonchev–Trinajstić information content (AvgIpc) is 2.90. The van der Waals surface area contributed by atoms with Crippen molar-refractivity contribution in [2.75, 3.05) is 6.54 Å². The summed E-state index contributed by atoms with van der Waals surface area (Å²) < 4.78 is 38.6. The van der Waals surface area contributed by atoms with Gasteiger partial charge in [0, 0.05) is 24.0 Å². The van der Waals surface area contributed by atoms with Crippen molar-refractivity contribution >= 4 is 39.9 Å². The standard InChI is InChI=1S/C17H20F3N3OS.ClH/c1-9-11-6-7-13(17(18,19)20)22-15(11)25-14(9)16(24)23-8-4-3-5-12(23)10(2)21;/h6-7,10,12H,3-5,8,21H2,1-2H3;1H. The number of pyridine rings is 1. The fourth-order valence-corrected chi connectivity index (χ4v) is 4.48. The van der Waals surface area contributed by atoms with Crippen molar-refractivity contribution < 1.29 is 18.0 Å². The normalized spacial score (nSPS) is 19.3. The van der Waals surface area contributed by atoms with Gasteiger partial charge in [-0.3, -0.25) is 4.79 Å². The van der Waals surface area contributed by atoms with E-state index in [1.54, 1.807) is 11.8 Å². The largest absolute Gasteiger partial charge is 0.433 e. The maximum atomic E-state index is 13.0. The zero-order valence-electron chi connectivity index (χ0n) is 14.5. The third-order valence-electron chi connectivity index (χ3n) is 4.71. The van der Waals surface area contributed by atoms with Gasteiger partial charge >= 0.3 is 6.18 Å². The fourth-order valence-electron chi connectivity index (χ4n) is 3.35. The van der Waals surface area contributed by atoms with Crippen molar-refractivity contribution in [2.45, 2.75) is 51.4 Å². The molecule has 0 saturated carbocycles. The number of thiophene rings is 1. The Bertz CT molecular complexity index is 806. The van der Waals surface area contributed by atoms with Crippen LogP contribution in [0.2, 0.25) is 0 Å². The Kier molecular flexibility index (Phi) is 6.20. The first-order chi connectivity index (χ1) is 11.7. The zero-order valence-corrected chi connectivity index (χ0v) is 16.1. The number of aryl methyl sites for hydroxylation is 1. The predicted molar refractivity (Wildman–Crippen MR) is 98.9 cm³/mol. The van der Waals surface area contributed by atoms with Crippen molar-refractivity contribution in [3.8, 4) is 0 Å². The minimum Gasteiger partial charge on any atom is -0.333 e. The quantitative estimate of drug-likeness (QED) is 0.803. The van der Waals surface area contributed by atoms with Gasteiger partial charge in [0.2, 0.25) is 0 Å². The SMILES string of the molecule is Cc1c(C(=O)N2CCCCC2C(C)N)sc2nc(C(F)(F)F)ccc12.Cl. The molecule has 9 heteroatoms. The summed E-state index contributed by atoms with van der Waals surface area (Å²) >= 11 is 1.03. The summed E-state index contributed by atoms with van der Waals surface area (Å²) in [5.74, 6) is -0.156. The maximum Gasteiger partial charge on any atom is 0.433 e. The van der Waals surface area contributed by atoms with Crippen molar-refractivity contribution in [2.24, 2.45) is 5.73 Å². The van der Waals surface area contributed by atoms with E-state index in [1.807, 2.05) is 6.92 Å². The minimum atomic E-state index is -4.50. The molecule has 1 aliphatic heterocycles. The minimum absolute atomic E-state index is 0. The lowest BCUT2D eigenvalue weighted by Gasteiger charge is -2.38. The molecule has 2 aromatic heterocycles. The van der Waals surface area contributed by atoms with Gasteiger partial charge in [-0.15, -0.1) is 23.7 Å². The molecule has 1 amide bonds. The van der Waals surface area contributed by atoms with Crippen LogP contribution >= 0.6 is 23.7 Å². The predicted octanol–water partition coefficient (Wildman–Crippen LogP) is 4.39. The van der Waals surface area contributed by atoms with Crippen molar-refractivity contribution in [3.63, 3.8) is 0 Å². The number of alkyl halides is 3. The topological polar surface area (TPSA) is 59.2 Å². The second kappa shape index (κ2) is 7.70. The number of piperidine rings is 1. The van der Waals surface area contributed by atoms with Crippen molar-refractivity contribution in [1.29, 1.82) is 0 Å². The number of nitrogens with two attached hydrogens (primary N) is 1. The van der Waals surface area contributed by atoms with Crippen LogP contribution in [0.4, 0.5) is 13.2 Å². The van der Waals surface area contributed by atoms with Gasteiger partial charge in [-0.25, -0.2) is 4.98 Å². The third-order valence-corrected chi connectivity index (χ3v) is 5.89. The van der Waals surface area contributed by atoms with Gasteiger partial charge in [0.1, 0.15) is 10.5 Å². The van der Waals surface area contributed by atoms with Crippen LogP contribution in [0.25, 0.3) is 10.2 Å². The van der Waals surface area contributed by atoms with Gasteiger partial charge < -0.3 is 10.6 Å². The highest BCUT2D eigenvalue weighted by Gasteiger charge is 2.34. The lowest BCUT2D eigenvalue weighted by molar-refractivity contribution is -0.140. The highest BCUT2D eigenvalue weighted by molar-refractivity contribution is 7.20. The van der Waals surface area contributed by atoms with Crippen LogP contribution in [0.1, 0.15) is 47.1 Å². The summed E-state index contributed by atoms with van der Waals surface area (Å²) in [4.78, 5) is 19.2. The first-order valence-electron chi connectivity index (χ1n) is 8.24. The van der Waals surface area contributed by atoms with Gasteiger partial charge in [0.15, 0.2) is 0 Å². The molecular formula is C17H21ClF3N3OS. The Morgan fingerprint density at radius 3 is 2.69 bits per heavy atom. The molecule has 0 aromatic carbocycles. The maximum absolute atomic E-state index is 13.0. The number of halogens is 4.